The third kappa shape index (κ3) is 7.61. The topological polar surface area (TPSA) is 84.5 Å². The Labute approximate surface area is 160 Å². The fourth-order valence-electron chi connectivity index (χ4n) is 2.89. The number of hydrogen-bond donors (Lipinski definition) is 2. The number of amides is 1. The van der Waals surface area contributed by atoms with E-state index in [1.165, 1.54) is 31.4 Å². The second kappa shape index (κ2) is 10.9. The highest BCUT2D eigenvalue weighted by Crippen LogP contribution is 2.20. The predicted molar refractivity (Wildman–Crippen MR) is 102 cm³/mol. The average molecular weight is 403 g/mol. The van der Waals surface area contributed by atoms with Gasteiger partial charge in [0.2, 0.25) is 15.9 Å². The molecule has 0 aromatic heterocycles. The molecule has 0 heterocycles. The van der Waals surface area contributed by atoms with Crippen molar-refractivity contribution < 1.29 is 17.9 Å². The number of benzene rings is 1. The van der Waals surface area contributed by atoms with Crippen LogP contribution in [0.3, 0.4) is 0 Å². The van der Waals surface area contributed by atoms with Crippen molar-refractivity contribution in [3.8, 4) is 0 Å². The Hall–Kier alpha value is -1.15. The summed E-state index contributed by atoms with van der Waals surface area (Å²) >= 11 is 5.80. The highest BCUT2D eigenvalue weighted by Gasteiger charge is 2.15. The summed E-state index contributed by atoms with van der Waals surface area (Å²) in [6, 6.07) is 6.00. The highest BCUT2D eigenvalue weighted by atomic mass is 35.5. The molecule has 146 valence electrons. The van der Waals surface area contributed by atoms with Crippen molar-refractivity contribution >= 4 is 27.5 Å². The molecule has 1 amide bonds. The lowest BCUT2D eigenvalue weighted by atomic mass is 9.98. The molecule has 0 saturated heterocycles. The monoisotopic (exact) mass is 402 g/mol. The number of halogens is 1. The molecule has 1 saturated carbocycles. The number of rotatable bonds is 10. The van der Waals surface area contributed by atoms with Crippen LogP contribution in [-0.2, 0) is 19.6 Å². The minimum Gasteiger partial charge on any atom is -0.378 e. The van der Waals surface area contributed by atoms with E-state index < -0.39 is 10.0 Å². The van der Waals surface area contributed by atoms with Crippen LogP contribution in [0.25, 0.3) is 0 Å². The molecule has 2 N–H and O–H groups in total. The first kappa shape index (κ1) is 21.2. The number of ether oxygens (including phenoxy) is 1. The van der Waals surface area contributed by atoms with Gasteiger partial charge in [0.05, 0.1) is 11.0 Å². The summed E-state index contributed by atoms with van der Waals surface area (Å²) in [5.74, 6) is -0.184. The van der Waals surface area contributed by atoms with E-state index in [4.69, 9.17) is 16.3 Å². The third-order valence-electron chi connectivity index (χ3n) is 4.30. The lowest BCUT2D eigenvalue weighted by molar-refractivity contribution is -0.121. The molecule has 1 fully saturated rings. The Bertz CT molecular complexity index is 676. The van der Waals surface area contributed by atoms with Crippen LogP contribution in [-0.4, -0.2) is 40.1 Å². The number of sulfonamides is 1. The van der Waals surface area contributed by atoms with Gasteiger partial charge in [-0.25, -0.2) is 13.1 Å². The first-order valence-electron chi connectivity index (χ1n) is 9.11. The van der Waals surface area contributed by atoms with Crippen molar-refractivity contribution in [3.63, 3.8) is 0 Å². The normalized spacial score (nSPS) is 15.7. The summed E-state index contributed by atoms with van der Waals surface area (Å²) in [6.45, 7) is 1.22. The van der Waals surface area contributed by atoms with Crippen LogP contribution in [0.1, 0.15) is 44.9 Å². The second-order valence-corrected chi connectivity index (χ2v) is 8.64. The molecule has 8 heteroatoms. The third-order valence-corrected chi connectivity index (χ3v) is 5.99. The van der Waals surface area contributed by atoms with Gasteiger partial charge in [-0.15, -0.1) is 0 Å². The van der Waals surface area contributed by atoms with Crippen molar-refractivity contribution in [2.75, 3.05) is 19.7 Å². The molecule has 0 atom stereocenters. The Morgan fingerprint density at radius 2 is 1.96 bits per heavy atom. The van der Waals surface area contributed by atoms with Gasteiger partial charge in [0.15, 0.2) is 0 Å². The smallest absolute Gasteiger partial charge is 0.240 e. The molecule has 2 rings (SSSR count). The maximum Gasteiger partial charge on any atom is 0.240 e. The fraction of sp³-hybridized carbons (Fsp3) is 0.611. The molecule has 0 spiro atoms. The van der Waals surface area contributed by atoms with Crippen LogP contribution in [0.5, 0.6) is 0 Å². The zero-order chi connectivity index (χ0) is 18.8. The van der Waals surface area contributed by atoms with E-state index >= 15 is 0 Å². The Balaban J connectivity index is 1.57. The fourth-order valence-corrected chi connectivity index (χ4v) is 4.22. The van der Waals surface area contributed by atoms with Crippen molar-refractivity contribution in [2.45, 2.75) is 55.9 Å². The van der Waals surface area contributed by atoms with Crippen LogP contribution < -0.4 is 10.0 Å². The molecule has 1 aliphatic carbocycles. The maximum absolute atomic E-state index is 12.1. The molecule has 0 unspecified atom stereocenters. The van der Waals surface area contributed by atoms with Crippen molar-refractivity contribution in [1.82, 2.24) is 10.0 Å². The highest BCUT2D eigenvalue weighted by molar-refractivity contribution is 7.89. The van der Waals surface area contributed by atoms with Gasteiger partial charge in [-0.2, -0.15) is 0 Å². The van der Waals surface area contributed by atoms with E-state index in [1.807, 2.05) is 0 Å². The number of hydrogen-bond acceptors (Lipinski definition) is 4. The summed E-state index contributed by atoms with van der Waals surface area (Å²) in [7, 11) is -3.65. The summed E-state index contributed by atoms with van der Waals surface area (Å²) < 4.78 is 32.4. The van der Waals surface area contributed by atoms with Crippen LogP contribution >= 0.6 is 11.6 Å². The van der Waals surface area contributed by atoms with Gasteiger partial charge in [-0.3, -0.25) is 4.79 Å². The van der Waals surface area contributed by atoms with E-state index in [1.54, 1.807) is 12.1 Å². The largest absolute Gasteiger partial charge is 0.378 e. The first-order chi connectivity index (χ1) is 12.5. The molecule has 6 nitrogen and oxygen atoms in total. The zero-order valence-corrected chi connectivity index (χ0v) is 16.4. The predicted octanol–water partition coefficient (Wildman–Crippen LogP) is 2.86. The molecular formula is C18H27ClN2O4S. The zero-order valence-electron chi connectivity index (χ0n) is 14.9. The summed E-state index contributed by atoms with van der Waals surface area (Å²) in [4.78, 5) is 11.9. The Kier molecular flexibility index (Phi) is 8.84. The SMILES string of the molecule is O=C(CCNS(=O)(=O)c1cccc(Cl)c1)NCCCOC1CCCCC1. The second-order valence-electron chi connectivity index (χ2n) is 6.44. The Morgan fingerprint density at radius 3 is 2.69 bits per heavy atom. The standard InChI is InChI=1S/C18H27ClN2O4S/c19-15-6-4-9-17(14-15)26(23,24)21-12-10-18(22)20-11-5-13-25-16-7-2-1-3-8-16/h4,6,9,14,16,21H,1-3,5,7-8,10-13H2,(H,20,22). The summed E-state index contributed by atoms with van der Waals surface area (Å²) in [5, 5.41) is 3.13. The maximum atomic E-state index is 12.1. The quantitative estimate of drug-likeness (QED) is 0.589. The van der Waals surface area contributed by atoms with Crippen molar-refractivity contribution in [3.05, 3.63) is 29.3 Å². The molecule has 1 aromatic rings. The molecule has 0 radical (unpaired) electrons. The average Bonchev–Trinajstić information content (AvgIpc) is 2.62. The van der Waals surface area contributed by atoms with E-state index in [9.17, 15) is 13.2 Å². The van der Waals surface area contributed by atoms with Gasteiger partial charge in [-0.05, 0) is 37.5 Å². The number of nitrogens with one attached hydrogen (secondary N) is 2. The van der Waals surface area contributed by atoms with Gasteiger partial charge in [0.1, 0.15) is 0 Å². The van der Waals surface area contributed by atoms with Crippen molar-refractivity contribution in [1.29, 1.82) is 0 Å². The first-order valence-corrected chi connectivity index (χ1v) is 11.0. The van der Waals surface area contributed by atoms with E-state index in [0.29, 0.717) is 24.3 Å². The molecule has 0 bridgehead atoms. The van der Waals surface area contributed by atoms with Crippen LogP contribution in [0.2, 0.25) is 5.02 Å². The van der Waals surface area contributed by atoms with E-state index in [-0.39, 0.29) is 23.8 Å². The number of carbonyl (C=O) groups excluding carboxylic acids is 1. The van der Waals surface area contributed by atoms with Crippen LogP contribution in [0.15, 0.2) is 29.2 Å². The molecule has 1 aromatic carbocycles. The van der Waals surface area contributed by atoms with Gasteiger partial charge in [-0.1, -0.05) is 36.9 Å². The van der Waals surface area contributed by atoms with Gasteiger partial charge in [0, 0.05) is 31.1 Å². The van der Waals surface area contributed by atoms with E-state index in [0.717, 1.165) is 19.3 Å². The van der Waals surface area contributed by atoms with Gasteiger partial charge in [0.25, 0.3) is 0 Å². The molecular weight excluding hydrogens is 376 g/mol. The molecule has 1 aliphatic rings. The molecule has 26 heavy (non-hydrogen) atoms. The number of carbonyl (C=O) groups is 1. The minimum absolute atomic E-state index is 0.0409. The van der Waals surface area contributed by atoms with E-state index in [2.05, 4.69) is 10.0 Å². The summed E-state index contributed by atoms with van der Waals surface area (Å²) in [5.41, 5.74) is 0. The Morgan fingerprint density at radius 1 is 1.19 bits per heavy atom. The minimum atomic E-state index is -3.65. The lowest BCUT2D eigenvalue weighted by Gasteiger charge is -2.21. The van der Waals surface area contributed by atoms with Crippen LogP contribution in [0, 0.1) is 0 Å². The lowest BCUT2D eigenvalue weighted by Crippen LogP contribution is -2.31. The van der Waals surface area contributed by atoms with Gasteiger partial charge < -0.3 is 10.1 Å². The van der Waals surface area contributed by atoms with Crippen LogP contribution in [0.4, 0.5) is 0 Å². The summed E-state index contributed by atoms with van der Waals surface area (Å²) in [6.07, 6.45) is 7.29. The van der Waals surface area contributed by atoms with Gasteiger partial charge >= 0.3 is 0 Å². The molecule has 0 aliphatic heterocycles. The van der Waals surface area contributed by atoms with Crippen molar-refractivity contribution in [2.24, 2.45) is 0 Å².